The largest absolute Gasteiger partial charge is 0.497 e. The number of nitrogens with one attached hydrogen (secondary N) is 1. The van der Waals surface area contributed by atoms with Gasteiger partial charge in [-0.05, 0) is 63.1 Å². The molecule has 0 saturated heterocycles. The second-order valence-electron chi connectivity index (χ2n) is 6.30. The van der Waals surface area contributed by atoms with Gasteiger partial charge in [0.05, 0.1) is 20.3 Å². The maximum atomic E-state index is 12.6. The van der Waals surface area contributed by atoms with Gasteiger partial charge in [0.15, 0.2) is 6.10 Å². The van der Waals surface area contributed by atoms with E-state index in [9.17, 15) is 4.79 Å². The van der Waals surface area contributed by atoms with Crippen molar-refractivity contribution in [1.29, 1.82) is 0 Å². The normalized spacial score (nSPS) is 12.8. The van der Waals surface area contributed by atoms with Crippen molar-refractivity contribution in [2.75, 3.05) is 14.2 Å². The van der Waals surface area contributed by atoms with Gasteiger partial charge in [0.25, 0.3) is 5.91 Å². The van der Waals surface area contributed by atoms with Gasteiger partial charge in [0.2, 0.25) is 0 Å². The average Bonchev–Trinajstić information content (AvgIpc) is 2.64. The molecule has 140 valence electrons. The Hall–Kier alpha value is -2.69. The molecule has 0 aromatic heterocycles. The molecule has 1 N–H and O–H groups in total. The van der Waals surface area contributed by atoms with E-state index in [4.69, 9.17) is 14.2 Å². The molecule has 0 heterocycles. The van der Waals surface area contributed by atoms with Gasteiger partial charge in [0, 0.05) is 5.56 Å². The summed E-state index contributed by atoms with van der Waals surface area (Å²) in [5, 5.41) is 2.98. The van der Waals surface area contributed by atoms with E-state index in [-0.39, 0.29) is 11.9 Å². The van der Waals surface area contributed by atoms with Gasteiger partial charge >= 0.3 is 0 Å². The zero-order valence-corrected chi connectivity index (χ0v) is 16.3. The van der Waals surface area contributed by atoms with E-state index >= 15 is 0 Å². The lowest BCUT2D eigenvalue weighted by atomic mass is 10.1. The van der Waals surface area contributed by atoms with Crippen LogP contribution < -0.4 is 19.5 Å². The maximum Gasteiger partial charge on any atom is 0.261 e. The number of amides is 1. The highest BCUT2D eigenvalue weighted by molar-refractivity contribution is 5.81. The minimum atomic E-state index is -0.616. The predicted molar refractivity (Wildman–Crippen MR) is 102 cm³/mol. The van der Waals surface area contributed by atoms with Crippen LogP contribution in [0.3, 0.4) is 0 Å². The molecule has 2 aromatic carbocycles. The van der Waals surface area contributed by atoms with Crippen LogP contribution in [0.25, 0.3) is 0 Å². The van der Waals surface area contributed by atoms with Crippen molar-refractivity contribution in [2.45, 2.75) is 39.8 Å². The minimum Gasteiger partial charge on any atom is -0.497 e. The summed E-state index contributed by atoms with van der Waals surface area (Å²) in [6.45, 7) is 7.65. The first-order valence-electron chi connectivity index (χ1n) is 8.62. The number of carbonyl (C=O) groups excluding carboxylic acids is 1. The summed E-state index contributed by atoms with van der Waals surface area (Å²) < 4.78 is 16.5. The van der Waals surface area contributed by atoms with E-state index in [2.05, 4.69) is 5.32 Å². The molecule has 2 aromatic rings. The molecule has 0 unspecified atom stereocenters. The van der Waals surface area contributed by atoms with Crippen LogP contribution in [-0.2, 0) is 4.79 Å². The Morgan fingerprint density at radius 2 is 1.73 bits per heavy atom. The van der Waals surface area contributed by atoms with E-state index in [0.717, 1.165) is 22.4 Å². The second-order valence-corrected chi connectivity index (χ2v) is 6.30. The van der Waals surface area contributed by atoms with Gasteiger partial charge in [0.1, 0.15) is 17.2 Å². The van der Waals surface area contributed by atoms with Gasteiger partial charge in [-0.15, -0.1) is 0 Å². The lowest BCUT2D eigenvalue weighted by molar-refractivity contribution is -0.127. The van der Waals surface area contributed by atoms with Crippen molar-refractivity contribution in [2.24, 2.45) is 0 Å². The highest BCUT2D eigenvalue weighted by Gasteiger charge is 2.21. The molecule has 0 saturated carbocycles. The Bertz CT molecular complexity index is 773. The van der Waals surface area contributed by atoms with Crippen LogP contribution in [0.1, 0.15) is 36.6 Å². The number of rotatable bonds is 7. The molecule has 0 fully saturated rings. The molecule has 0 bridgehead atoms. The van der Waals surface area contributed by atoms with Crippen molar-refractivity contribution in [1.82, 2.24) is 5.32 Å². The minimum absolute atomic E-state index is 0.191. The maximum absolute atomic E-state index is 12.6. The standard InChI is InChI=1S/C21H27NO4/c1-13-8-7-9-19(14(13)2)26-16(4)21(23)22-15(3)18-12-17(24-5)10-11-20(18)25-6/h7-12,15-16H,1-6H3,(H,22,23)/t15-,16-/m1/s1. The highest BCUT2D eigenvalue weighted by Crippen LogP contribution is 2.29. The third-order valence-electron chi connectivity index (χ3n) is 4.49. The summed E-state index contributed by atoms with van der Waals surface area (Å²) in [6, 6.07) is 11.1. The molecule has 5 nitrogen and oxygen atoms in total. The summed E-state index contributed by atoms with van der Waals surface area (Å²) in [5.41, 5.74) is 3.01. The molecule has 5 heteroatoms. The van der Waals surface area contributed by atoms with Crippen LogP contribution in [-0.4, -0.2) is 26.2 Å². The van der Waals surface area contributed by atoms with Crippen LogP contribution in [0.15, 0.2) is 36.4 Å². The number of benzene rings is 2. The van der Waals surface area contributed by atoms with Gasteiger partial charge in [-0.25, -0.2) is 0 Å². The van der Waals surface area contributed by atoms with Crippen molar-refractivity contribution in [3.63, 3.8) is 0 Å². The Morgan fingerprint density at radius 1 is 1.00 bits per heavy atom. The number of ether oxygens (including phenoxy) is 3. The molecule has 0 aliphatic carbocycles. The van der Waals surface area contributed by atoms with Gasteiger partial charge in [-0.1, -0.05) is 12.1 Å². The Morgan fingerprint density at radius 3 is 2.38 bits per heavy atom. The van der Waals surface area contributed by atoms with E-state index in [1.165, 1.54) is 0 Å². The zero-order chi connectivity index (χ0) is 19.3. The van der Waals surface area contributed by atoms with Crippen LogP contribution in [0.2, 0.25) is 0 Å². The summed E-state index contributed by atoms with van der Waals surface area (Å²) in [5.74, 6) is 1.94. The number of hydrogen-bond donors (Lipinski definition) is 1. The fourth-order valence-electron chi connectivity index (χ4n) is 2.68. The second kappa shape index (κ2) is 8.61. The molecule has 0 spiro atoms. The van der Waals surface area contributed by atoms with E-state index in [1.807, 2.05) is 57.2 Å². The van der Waals surface area contributed by atoms with E-state index < -0.39 is 6.10 Å². The molecular formula is C21H27NO4. The quantitative estimate of drug-likeness (QED) is 0.815. The summed E-state index contributed by atoms with van der Waals surface area (Å²) in [6.07, 6.45) is -0.616. The predicted octanol–water partition coefficient (Wildman–Crippen LogP) is 3.97. The molecule has 26 heavy (non-hydrogen) atoms. The molecule has 2 atom stereocenters. The first-order valence-corrected chi connectivity index (χ1v) is 8.62. The van der Waals surface area contributed by atoms with Gasteiger partial charge in [-0.2, -0.15) is 0 Å². The molecule has 1 amide bonds. The van der Waals surface area contributed by atoms with Crippen molar-refractivity contribution < 1.29 is 19.0 Å². The van der Waals surface area contributed by atoms with Crippen molar-refractivity contribution >= 4 is 5.91 Å². The van der Waals surface area contributed by atoms with Crippen LogP contribution in [0, 0.1) is 13.8 Å². The lowest BCUT2D eigenvalue weighted by Gasteiger charge is -2.21. The number of carbonyl (C=O) groups is 1. The van der Waals surface area contributed by atoms with Crippen LogP contribution >= 0.6 is 0 Å². The Labute approximate surface area is 155 Å². The fourth-order valence-corrected chi connectivity index (χ4v) is 2.68. The molecule has 0 radical (unpaired) electrons. The number of methoxy groups -OCH3 is 2. The first-order chi connectivity index (χ1) is 12.4. The monoisotopic (exact) mass is 357 g/mol. The van der Waals surface area contributed by atoms with E-state index in [0.29, 0.717) is 11.5 Å². The number of aryl methyl sites for hydroxylation is 1. The summed E-state index contributed by atoms with van der Waals surface area (Å²) >= 11 is 0. The van der Waals surface area contributed by atoms with Gasteiger partial charge in [-0.3, -0.25) is 4.79 Å². The topological polar surface area (TPSA) is 56.8 Å². The molecule has 0 aliphatic rings. The lowest BCUT2D eigenvalue weighted by Crippen LogP contribution is -2.38. The van der Waals surface area contributed by atoms with Crippen LogP contribution in [0.4, 0.5) is 0 Å². The van der Waals surface area contributed by atoms with Gasteiger partial charge < -0.3 is 19.5 Å². The molecular weight excluding hydrogens is 330 g/mol. The first kappa shape index (κ1) is 19.6. The third kappa shape index (κ3) is 4.48. The third-order valence-corrected chi connectivity index (χ3v) is 4.49. The smallest absolute Gasteiger partial charge is 0.261 e. The number of hydrogen-bond acceptors (Lipinski definition) is 4. The Kier molecular flexibility index (Phi) is 6.50. The summed E-state index contributed by atoms with van der Waals surface area (Å²) in [7, 11) is 3.21. The average molecular weight is 357 g/mol. The van der Waals surface area contributed by atoms with Crippen molar-refractivity contribution in [3.8, 4) is 17.2 Å². The van der Waals surface area contributed by atoms with Crippen LogP contribution in [0.5, 0.6) is 17.2 Å². The molecule has 2 rings (SSSR count). The zero-order valence-electron chi connectivity index (χ0n) is 16.3. The molecule has 0 aliphatic heterocycles. The summed E-state index contributed by atoms with van der Waals surface area (Å²) in [4.78, 5) is 12.6. The van der Waals surface area contributed by atoms with Crippen molar-refractivity contribution in [3.05, 3.63) is 53.1 Å². The Balaban J connectivity index is 2.10. The fraction of sp³-hybridized carbons (Fsp3) is 0.381. The highest BCUT2D eigenvalue weighted by atomic mass is 16.5. The van der Waals surface area contributed by atoms with E-state index in [1.54, 1.807) is 21.1 Å². The SMILES string of the molecule is COc1ccc(OC)c([C@@H](C)NC(=O)[C@@H](C)Oc2cccc(C)c2C)c1.